The number of H-pyrrole nitrogens is 1. The number of unbranched alkanes of at least 4 members (excludes halogenated alkanes) is 1. The van der Waals surface area contributed by atoms with E-state index in [-0.39, 0.29) is 19.3 Å². The number of nitrogens with one attached hydrogen (secondary N) is 4. The maximum Gasteiger partial charge on any atom is 0.326 e. The largest absolute Gasteiger partial charge is 0.481 e. The number of aromatic amines is 1. The molecule has 0 radical (unpaired) electrons. The molecule has 0 bridgehead atoms. The van der Waals surface area contributed by atoms with Gasteiger partial charge in [-0.3, -0.25) is 19.2 Å². The van der Waals surface area contributed by atoms with E-state index in [1.807, 2.05) is 24.3 Å². The van der Waals surface area contributed by atoms with Crippen LogP contribution in [-0.2, 0) is 36.8 Å². The van der Waals surface area contributed by atoms with Crippen molar-refractivity contribution in [3.63, 3.8) is 0 Å². The van der Waals surface area contributed by atoms with E-state index in [2.05, 4.69) is 20.9 Å². The van der Waals surface area contributed by atoms with E-state index in [0.717, 1.165) is 10.9 Å². The number of fused-ring (bicyclic) bond motifs is 1. The number of nitrogens with two attached hydrogens (primary N) is 2. The molecule has 43 heavy (non-hydrogen) atoms. The second kappa shape index (κ2) is 16.0. The fourth-order valence-corrected chi connectivity index (χ4v) is 4.63. The van der Waals surface area contributed by atoms with Gasteiger partial charge in [-0.15, -0.1) is 0 Å². The Morgan fingerprint density at radius 3 is 2.07 bits per heavy atom. The molecule has 2 aromatic carbocycles. The highest BCUT2D eigenvalue weighted by Crippen LogP contribution is 2.19. The molecule has 0 saturated carbocycles. The molecule has 3 amide bonds. The Bertz CT molecular complexity index is 1410. The number of rotatable bonds is 17. The third-order valence-corrected chi connectivity index (χ3v) is 6.95. The second-order valence-corrected chi connectivity index (χ2v) is 10.3. The highest BCUT2D eigenvalue weighted by molar-refractivity contribution is 5.96. The molecular weight excluding hydrogens is 556 g/mol. The van der Waals surface area contributed by atoms with E-state index in [1.165, 1.54) is 0 Å². The molecule has 0 aliphatic rings. The Kier molecular flexibility index (Phi) is 12.2. The van der Waals surface area contributed by atoms with Crippen molar-refractivity contribution in [3.05, 3.63) is 71.9 Å². The summed E-state index contributed by atoms with van der Waals surface area (Å²) in [6.45, 7) is 0.424. The van der Waals surface area contributed by atoms with Crippen LogP contribution in [0.1, 0.15) is 36.8 Å². The number of aromatic nitrogens is 1. The van der Waals surface area contributed by atoms with Crippen molar-refractivity contribution in [1.82, 2.24) is 20.9 Å². The Morgan fingerprint density at radius 2 is 1.40 bits per heavy atom. The summed E-state index contributed by atoms with van der Waals surface area (Å²) in [4.78, 5) is 66.1. The van der Waals surface area contributed by atoms with E-state index >= 15 is 0 Å². The van der Waals surface area contributed by atoms with Gasteiger partial charge in [0.2, 0.25) is 17.7 Å². The molecule has 13 nitrogen and oxygen atoms in total. The fraction of sp³-hybridized carbons (Fsp3) is 0.367. The number of carbonyl (C=O) groups is 5. The third kappa shape index (κ3) is 9.94. The van der Waals surface area contributed by atoms with E-state index in [4.69, 9.17) is 11.5 Å². The molecule has 1 heterocycles. The molecule has 3 rings (SSSR count). The summed E-state index contributed by atoms with van der Waals surface area (Å²) in [6, 6.07) is 10.9. The molecule has 3 aromatic rings. The Balaban J connectivity index is 1.78. The first-order chi connectivity index (χ1) is 20.6. The molecule has 13 heteroatoms. The Labute approximate surface area is 248 Å². The van der Waals surface area contributed by atoms with Crippen LogP contribution < -0.4 is 27.4 Å². The minimum absolute atomic E-state index is 0.0236. The standard InChI is InChI=1S/C30H38N6O7/c31-13-7-6-11-21(32)27(39)34-24(16-26(37)38)29(41)35-23(14-18-8-2-1-3-9-18)28(40)36-25(30(42)43)15-19-17-33-22-12-5-4-10-20(19)22/h1-5,8-10,12,17,21,23-25,33H,6-7,11,13-16,31-32H2,(H,34,39)(H,35,41)(H,36,40)(H,37,38)(H,42,43). The Hall–Kier alpha value is -4.75. The van der Waals surface area contributed by atoms with Gasteiger partial charge in [0.1, 0.15) is 18.1 Å². The first-order valence-electron chi connectivity index (χ1n) is 14.0. The lowest BCUT2D eigenvalue weighted by Crippen LogP contribution is -2.58. The number of benzene rings is 2. The van der Waals surface area contributed by atoms with Crippen molar-refractivity contribution < 1.29 is 34.2 Å². The summed E-state index contributed by atoms with van der Waals surface area (Å²) < 4.78 is 0. The maximum absolute atomic E-state index is 13.5. The lowest BCUT2D eigenvalue weighted by atomic mass is 10.0. The minimum atomic E-state index is -1.53. The van der Waals surface area contributed by atoms with Crippen LogP contribution in [-0.4, -0.2) is 75.6 Å². The highest BCUT2D eigenvalue weighted by atomic mass is 16.4. The number of para-hydroxylation sites is 1. The number of carboxylic acid groups (broad SMARTS) is 2. The zero-order valence-corrected chi connectivity index (χ0v) is 23.6. The average Bonchev–Trinajstić information content (AvgIpc) is 3.39. The summed E-state index contributed by atoms with van der Waals surface area (Å²) in [5, 5.41) is 27.5. The number of hydrogen-bond donors (Lipinski definition) is 8. The van der Waals surface area contributed by atoms with E-state index in [1.54, 1.807) is 36.5 Å². The van der Waals surface area contributed by atoms with Gasteiger partial charge in [-0.1, -0.05) is 55.0 Å². The molecule has 0 spiro atoms. The van der Waals surface area contributed by atoms with Crippen LogP contribution in [0.4, 0.5) is 0 Å². The monoisotopic (exact) mass is 594 g/mol. The van der Waals surface area contributed by atoms with Crippen LogP contribution in [0, 0.1) is 0 Å². The van der Waals surface area contributed by atoms with Gasteiger partial charge in [-0.05, 0) is 36.6 Å². The molecule has 4 unspecified atom stereocenters. The molecule has 0 aliphatic heterocycles. The molecule has 230 valence electrons. The van der Waals surface area contributed by atoms with E-state index in [9.17, 15) is 34.2 Å². The van der Waals surface area contributed by atoms with Crippen molar-refractivity contribution in [2.75, 3.05) is 6.54 Å². The molecule has 4 atom stereocenters. The van der Waals surface area contributed by atoms with Crippen molar-refractivity contribution in [3.8, 4) is 0 Å². The quantitative estimate of drug-likeness (QED) is 0.101. The summed E-state index contributed by atoms with van der Waals surface area (Å²) in [5.74, 6) is -5.06. The fourth-order valence-electron chi connectivity index (χ4n) is 4.63. The second-order valence-electron chi connectivity index (χ2n) is 10.3. The van der Waals surface area contributed by atoms with Crippen molar-refractivity contribution in [1.29, 1.82) is 0 Å². The number of hydrogen-bond acceptors (Lipinski definition) is 7. The first-order valence-corrected chi connectivity index (χ1v) is 14.0. The van der Waals surface area contributed by atoms with Crippen LogP contribution >= 0.6 is 0 Å². The van der Waals surface area contributed by atoms with Crippen LogP contribution in [0.2, 0.25) is 0 Å². The number of amides is 3. The highest BCUT2D eigenvalue weighted by Gasteiger charge is 2.32. The predicted octanol–water partition coefficient (Wildman–Crippen LogP) is 0.423. The molecule has 1 aromatic heterocycles. The minimum Gasteiger partial charge on any atom is -0.481 e. The van der Waals surface area contributed by atoms with Crippen molar-refractivity contribution >= 4 is 40.6 Å². The van der Waals surface area contributed by atoms with Gasteiger partial charge >= 0.3 is 11.9 Å². The van der Waals surface area contributed by atoms with Gasteiger partial charge < -0.3 is 42.6 Å². The lowest BCUT2D eigenvalue weighted by molar-refractivity contribution is -0.143. The topological polar surface area (TPSA) is 230 Å². The normalized spacial score (nSPS) is 13.8. The number of carboxylic acids is 2. The molecule has 0 saturated heterocycles. The number of aliphatic carboxylic acids is 2. The van der Waals surface area contributed by atoms with Crippen molar-refractivity contribution in [2.45, 2.75) is 62.7 Å². The van der Waals surface area contributed by atoms with Gasteiger partial charge in [0.05, 0.1) is 12.5 Å². The third-order valence-electron chi connectivity index (χ3n) is 6.95. The first kappa shape index (κ1) is 32.8. The molecular formula is C30H38N6O7. The summed E-state index contributed by atoms with van der Waals surface area (Å²) in [7, 11) is 0. The van der Waals surface area contributed by atoms with Gasteiger partial charge in [-0.2, -0.15) is 0 Å². The van der Waals surface area contributed by atoms with E-state index < -0.39 is 60.2 Å². The van der Waals surface area contributed by atoms with Crippen LogP contribution in [0.25, 0.3) is 10.9 Å². The summed E-state index contributed by atoms with van der Waals surface area (Å²) in [5.41, 5.74) is 13.5. The SMILES string of the molecule is NCCCCC(N)C(=O)NC(CC(=O)O)C(=O)NC(Cc1ccccc1)C(=O)NC(Cc1c[nH]c2ccccc12)C(=O)O. The van der Waals surface area contributed by atoms with Gasteiger partial charge in [0, 0.05) is 29.9 Å². The maximum atomic E-state index is 13.5. The zero-order valence-electron chi connectivity index (χ0n) is 23.6. The van der Waals surface area contributed by atoms with Gasteiger partial charge in [0.15, 0.2) is 0 Å². The lowest BCUT2D eigenvalue weighted by Gasteiger charge is -2.25. The van der Waals surface area contributed by atoms with Crippen molar-refractivity contribution in [2.24, 2.45) is 11.5 Å². The summed E-state index contributed by atoms with van der Waals surface area (Å²) in [6.07, 6.45) is 2.37. The van der Waals surface area contributed by atoms with Crippen LogP contribution in [0.15, 0.2) is 60.8 Å². The number of carbonyl (C=O) groups excluding carboxylic acids is 3. The van der Waals surface area contributed by atoms with E-state index in [0.29, 0.717) is 30.5 Å². The predicted molar refractivity (Wildman–Crippen MR) is 159 cm³/mol. The molecule has 0 aliphatic carbocycles. The average molecular weight is 595 g/mol. The van der Waals surface area contributed by atoms with Gasteiger partial charge in [-0.25, -0.2) is 4.79 Å². The van der Waals surface area contributed by atoms with Crippen LogP contribution in [0.5, 0.6) is 0 Å². The molecule has 10 N–H and O–H groups in total. The summed E-state index contributed by atoms with van der Waals surface area (Å²) >= 11 is 0. The Morgan fingerprint density at radius 1 is 0.767 bits per heavy atom. The zero-order chi connectivity index (χ0) is 31.4. The molecule has 0 fully saturated rings. The van der Waals surface area contributed by atoms with Gasteiger partial charge in [0.25, 0.3) is 0 Å². The smallest absolute Gasteiger partial charge is 0.326 e. The van der Waals surface area contributed by atoms with Crippen LogP contribution in [0.3, 0.4) is 0 Å².